The van der Waals surface area contributed by atoms with E-state index in [1.165, 1.54) is 0 Å². The van der Waals surface area contributed by atoms with E-state index < -0.39 is 6.10 Å². The smallest absolute Gasteiger partial charge is 0.255 e. The fraction of sp³-hybridized carbons (Fsp3) is 0.364. The lowest BCUT2D eigenvalue weighted by Crippen LogP contribution is -2.06. The summed E-state index contributed by atoms with van der Waals surface area (Å²) < 4.78 is 4.97. The van der Waals surface area contributed by atoms with E-state index >= 15 is 0 Å². The van der Waals surface area contributed by atoms with E-state index in [1.54, 1.807) is 6.20 Å². The van der Waals surface area contributed by atoms with Crippen molar-refractivity contribution in [3.8, 4) is 11.5 Å². The molecule has 2 aromatic rings. The Kier molecular flexibility index (Phi) is 3.46. The molecule has 6 nitrogen and oxygen atoms in total. The van der Waals surface area contributed by atoms with Gasteiger partial charge < -0.3 is 15.4 Å². The molecule has 6 heteroatoms. The maximum Gasteiger partial charge on any atom is 0.255 e. The molecule has 2 aromatic heterocycles. The van der Waals surface area contributed by atoms with Crippen LogP contribution in [0.1, 0.15) is 24.0 Å². The lowest BCUT2D eigenvalue weighted by molar-refractivity contribution is 0.127. The van der Waals surface area contributed by atoms with E-state index in [4.69, 9.17) is 10.3 Å². The third-order valence-electron chi connectivity index (χ3n) is 2.31. The summed E-state index contributed by atoms with van der Waals surface area (Å²) in [5, 5.41) is 13.4. The van der Waals surface area contributed by atoms with Crippen LogP contribution in [0.15, 0.2) is 22.9 Å². The van der Waals surface area contributed by atoms with Gasteiger partial charge in [-0.05, 0) is 37.6 Å². The first kappa shape index (κ1) is 11.7. The van der Waals surface area contributed by atoms with E-state index in [1.807, 2.05) is 19.1 Å². The maximum absolute atomic E-state index is 9.64. The zero-order valence-electron chi connectivity index (χ0n) is 9.50. The molecule has 0 bridgehead atoms. The van der Waals surface area contributed by atoms with Crippen LogP contribution in [-0.4, -0.2) is 26.8 Å². The van der Waals surface area contributed by atoms with Crippen molar-refractivity contribution in [1.29, 1.82) is 0 Å². The molecule has 0 aliphatic heterocycles. The van der Waals surface area contributed by atoms with Crippen molar-refractivity contribution in [2.45, 2.75) is 19.4 Å². The number of hydrogen-bond donors (Lipinski definition) is 2. The topological polar surface area (TPSA) is 98.1 Å². The average molecular weight is 234 g/mol. The molecule has 0 radical (unpaired) electrons. The van der Waals surface area contributed by atoms with Gasteiger partial charge >= 0.3 is 0 Å². The van der Waals surface area contributed by atoms with Crippen molar-refractivity contribution < 1.29 is 9.63 Å². The van der Waals surface area contributed by atoms with Gasteiger partial charge in [-0.2, -0.15) is 4.98 Å². The van der Waals surface area contributed by atoms with Gasteiger partial charge in [-0.3, -0.25) is 4.98 Å². The highest BCUT2D eigenvalue weighted by Crippen LogP contribution is 2.18. The molecule has 1 atom stereocenters. The van der Waals surface area contributed by atoms with Gasteiger partial charge in [0.05, 0.1) is 0 Å². The standard InChI is InChI=1S/C11H14N4O2/c1-7-3-5-13-8(6-7)10-14-11(17-15-10)9(16)2-4-12/h3,5-6,9,16H,2,4,12H2,1H3/t9-/m0/s1. The second-order valence-corrected chi connectivity index (χ2v) is 3.77. The molecule has 2 rings (SSSR count). The first-order chi connectivity index (χ1) is 8.20. The van der Waals surface area contributed by atoms with Crippen molar-refractivity contribution in [2.24, 2.45) is 5.73 Å². The van der Waals surface area contributed by atoms with Crippen LogP contribution in [0.3, 0.4) is 0 Å². The molecule has 0 saturated carbocycles. The summed E-state index contributed by atoms with van der Waals surface area (Å²) in [7, 11) is 0. The molecule has 0 aliphatic rings. The third kappa shape index (κ3) is 2.66. The first-order valence-electron chi connectivity index (χ1n) is 5.35. The van der Waals surface area contributed by atoms with Crippen LogP contribution in [0.2, 0.25) is 0 Å². The fourth-order valence-electron chi connectivity index (χ4n) is 1.41. The number of aromatic nitrogens is 3. The van der Waals surface area contributed by atoms with E-state index in [0.717, 1.165) is 5.56 Å². The summed E-state index contributed by atoms with van der Waals surface area (Å²) in [6.07, 6.45) is 1.26. The predicted molar refractivity (Wildman–Crippen MR) is 60.9 cm³/mol. The Morgan fingerprint density at radius 3 is 3.06 bits per heavy atom. The molecule has 0 saturated heterocycles. The highest BCUT2D eigenvalue weighted by atomic mass is 16.5. The molecule has 2 heterocycles. The quantitative estimate of drug-likeness (QED) is 0.812. The Morgan fingerprint density at radius 1 is 1.53 bits per heavy atom. The van der Waals surface area contributed by atoms with Gasteiger partial charge in [-0.25, -0.2) is 0 Å². The minimum atomic E-state index is -0.814. The molecular weight excluding hydrogens is 220 g/mol. The van der Waals surface area contributed by atoms with E-state index in [0.29, 0.717) is 24.5 Å². The minimum absolute atomic E-state index is 0.175. The average Bonchev–Trinajstić information content (AvgIpc) is 2.78. The largest absolute Gasteiger partial charge is 0.383 e. The van der Waals surface area contributed by atoms with E-state index in [9.17, 15) is 5.11 Å². The Hall–Kier alpha value is -1.79. The number of aliphatic hydroxyl groups is 1. The summed E-state index contributed by atoms with van der Waals surface area (Å²) >= 11 is 0. The predicted octanol–water partition coefficient (Wildman–Crippen LogP) is 0.822. The molecule has 0 aliphatic carbocycles. The van der Waals surface area contributed by atoms with Gasteiger partial charge in [-0.15, -0.1) is 0 Å². The van der Waals surface area contributed by atoms with Crippen LogP contribution in [0.5, 0.6) is 0 Å². The van der Waals surface area contributed by atoms with Crippen molar-refractivity contribution in [3.05, 3.63) is 29.8 Å². The van der Waals surface area contributed by atoms with Crippen LogP contribution < -0.4 is 5.73 Å². The number of pyridine rings is 1. The van der Waals surface area contributed by atoms with Crippen LogP contribution in [-0.2, 0) is 0 Å². The van der Waals surface area contributed by atoms with Crippen molar-refractivity contribution in [1.82, 2.24) is 15.1 Å². The summed E-state index contributed by atoms with van der Waals surface area (Å²) in [5.41, 5.74) is 7.03. The Balaban J connectivity index is 2.23. The molecule has 90 valence electrons. The maximum atomic E-state index is 9.64. The van der Waals surface area contributed by atoms with E-state index in [-0.39, 0.29) is 5.89 Å². The zero-order valence-corrected chi connectivity index (χ0v) is 9.50. The van der Waals surface area contributed by atoms with Gasteiger partial charge in [0.2, 0.25) is 5.82 Å². The van der Waals surface area contributed by atoms with Crippen LogP contribution in [0.25, 0.3) is 11.5 Å². The minimum Gasteiger partial charge on any atom is -0.383 e. The number of rotatable bonds is 4. The van der Waals surface area contributed by atoms with Crippen LogP contribution >= 0.6 is 0 Å². The molecule has 3 N–H and O–H groups in total. The molecule has 0 aromatic carbocycles. The van der Waals surface area contributed by atoms with Gasteiger partial charge in [-0.1, -0.05) is 5.16 Å². The van der Waals surface area contributed by atoms with Crippen LogP contribution in [0, 0.1) is 6.92 Å². The lowest BCUT2D eigenvalue weighted by atomic mass is 10.2. The number of aryl methyl sites for hydroxylation is 1. The Morgan fingerprint density at radius 2 is 2.35 bits per heavy atom. The second kappa shape index (κ2) is 5.03. The zero-order chi connectivity index (χ0) is 12.3. The van der Waals surface area contributed by atoms with E-state index in [2.05, 4.69) is 15.1 Å². The summed E-state index contributed by atoms with van der Waals surface area (Å²) in [5.74, 6) is 0.550. The van der Waals surface area contributed by atoms with Gasteiger partial charge in [0.25, 0.3) is 5.89 Å². The molecular formula is C11H14N4O2. The van der Waals surface area contributed by atoms with Gasteiger partial charge in [0, 0.05) is 6.20 Å². The summed E-state index contributed by atoms with van der Waals surface area (Å²) in [6, 6.07) is 3.73. The third-order valence-corrected chi connectivity index (χ3v) is 2.31. The number of nitrogens with two attached hydrogens (primary N) is 1. The highest BCUT2D eigenvalue weighted by Gasteiger charge is 2.16. The lowest BCUT2D eigenvalue weighted by Gasteiger charge is -2.00. The number of hydrogen-bond acceptors (Lipinski definition) is 6. The first-order valence-corrected chi connectivity index (χ1v) is 5.35. The summed E-state index contributed by atoms with van der Waals surface area (Å²) in [6.45, 7) is 2.32. The Bertz CT molecular complexity index is 498. The molecule has 0 amide bonds. The SMILES string of the molecule is Cc1ccnc(-c2noc([C@@H](O)CCN)n2)c1. The summed E-state index contributed by atoms with van der Waals surface area (Å²) in [4.78, 5) is 8.23. The molecule has 0 spiro atoms. The number of aliphatic hydroxyl groups excluding tert-OH is 1. The van der Waals surface area contributed by atoms with Gasteiger partial charge in [0.15, 0.2) is 0 Å². The van der Waals surface area contributed by atoms with Crippen molar-refractivity contribution in [3.63, 3.8) is 0 Å². The second-order valence-electron chi connectivity index (χ2n) is 3.77. The normalized spacial score (nSPS) is 12.6. The number of nitrogens with zero attached hydrogens (tertiary/aromatic N) is 3. The fourth-order valence-corrected chi connectivity index (χ4v) is 1.41. The highest BCUT2D eigenvalue weighted by molar-refractivity contribution is 5.48. The van der Waals surface area contributed by atoms with Gasteiger partial charge in [0.1, 0.15) is 11.8 Å². The monoisotopic (exact) mass is 234 g/mol. The van der Waals surface area contributed by atoms with Crippen molar-refractivity contribution >= 4 is 0 Å². The molecule has 0 fully saturated rings. The van der Waals surface area contributed by atoms with Crippen LogP contribution in [0.4, 0.5) is 0 Å². The van der Waals surface area contributed by atoms with Crippen molar-refractivity contribution in [2.75, 3.05) is 6.54 Å². The Labute approximate surface area is 98.5 Å². The molecule has 17 heavy (non-hydrogen) atoms. The molecule has 0 unspecified atom stereocenters.